The number of fused-ring (bicyclic) bond motifs is 1. The van der Waals surface area contributed by atoms with Gasteiger partial charge in [0.2, 0.25) is 0 Å². The molecule has 0 radical (unpaired) electrons. The van der Waals surface area contributed by atoms with Crippen LogP contribution in [0.25, 0.3) is 10.8 Å². The quantitative estimate of drug-likeness (QED) is 0.570. The van der Waals surface area contributed by atoms with Crippen LogP contribution in [-0.4, -0.2) is 17.6 Å². The molecule has 0 spiro atoms. The zero-order valence-electron chi connectivity index (χ0n) is 5.62. The minimum absolute atomic E-state index is 0. The topological polar surface area (TPSA) is 0 Å². The van der Waals surface area contributed by atoms with Gasteiger partial charge in [-0.2, -0.15) is 0 Å². The molecule has 0 aliphatic rings. The van der Waals surface area contributed by atoms with E-state index in [0.717, 1.165) is 0 Å². The predicted molar refractivity (Wildman–Crippen MR) is 55.3 cm³/mol. The van der Waals surface area contributed by atoms with Gasteiger partial charge in [0.1, 0.15) is 0 Å². The van der Waals surface area contributed by atoms with Gasteiger partial charge in [-0.3, -0.25) is 0 Å². The minimum atomic E-state index is 0. The predicted octanol–water partition coefficient (Wildman–Crippen LogP) is 1.39. The van der Waals surface area contributed by atoms with E-state index in [2.05, 4.69) is 48.5 Å². The second-order valence-corrected chi connectivity index (χ2v) is 2.35. The Morgan fingerprint density at radius 1 is 0.545 bits per heavy atom. The summed E-state index contributed by atoms with van der Waals surface area (Å²) in [6.07, 6.45) is 0. The molecule has 2 aromatic rings. The molecule has 0 amide bonds. The molecule has 0 heterocycles. The third-order valence-corrected chi connectivity index (χ3v) is 1.66. The van der Waals surface area contributed by atoms with Crippen LogP contribution in [0.3, 0.4) is 0 Å². The Kier molecular flexibility index (Phi) is 2.72. The van der Waals surface area contributed by atoms with Gasteiger partial charge in [-0.1, -0.05) is 48.5 Å². The van der Waals surface area contributed by atoms with Crippen LogP contribution >= 0.6 is 0 Å². The Labute approximate surface area is 77.2 Å². The SMILES string of the molecule is [GeH4].c1ccc2ccccc2c1. The van der Waals surface area contributed by atoms with Crippen LogP contribution in [-0.2, 0) is 0 Å². The van der Waals surface area contributed by atoms with E-state index < -0.39 is 0 Å². The summed E-state index contributed by atoms with van der Waals surface area (Å²) in [6.45, 7) is 0. The van der Waals surface area contributed by atoms with Gasteiger partial charge in [0, 0.05) is 0 Å². The summed E-state index contributed by atoms with van der Waals surface area (Å²) in [6, 6.07) is 16.7. The summed E-state index contributed by atoms with van der Waals surface area (Å²) >= 11 is 0. The summed E-state index contributed by atoms with van der Waals surface area (Å²) in [7, 11) is 0. The van der Waals surface area contributed by atoms with Crippen LogP contribution in [0.2, 0.25) is 0 Å². The van der Waals surface area contributed by atoms with E-state index in [9.17, 15) is 0 Å². The van der Waals surface area contributed by atoms with Crippen molar-refractivity contribution in [2.45, 2.75) is 0 Å². The summed E-state index contributed by atoms with van der Waals surface area (Å²) in [5.74, 6) is 0. The molecule has 0 saturated carbocycles. The molecule has 11 heavy (non-hydrogen) atoms. The first-order valence-electron chi connectivity index (χ1n) is 3.40. The molecule has 2 aromatic carbocycles. The van der Waals surface area contributed by atoms with E-state index in [1.807, 2.05) is 0 Å². The standard InChI is InChI=1S/C10H8.GeH4/c1-2-6-10-8-4-3-7-9(10)5-1;/h1-8H;1H4. The Balaban J connectivity index is 0.000000605. The number of rotatable bonds is 0. The van der Waals surface area contributed by atoms with E-state index >= 15 is 0 Å². The molecular formula is C10H12Ge. The largest absolute Gasteiger partial charge is 0.0616 e. The molecule has 56 valence electrons. The van der Waals surface area contributed by atoms with Gasteiger partial charge >= 0.3 is 17.6 Å². The summed E-state index contributed by atoms with van der Waals surface area (Å²) in [4.78, 5) is 0. The molecule has 1 heteroatoms. The maximum Gasteiger partial charge on any atom is -0.0184 e. The van der Waals surface area contributed by atoms with Gasteiger partial charge < -0.3 is 0 Å². The monoisotopic (exact) mass is 206 g/mol. The normalized spacial score (nSPS) is 9.09. The van der Waals surface area contributed by atoms with Gasteiger partial charge in [0.15, 0.2) is 0 Å². The molecule has 2 rings (SSSR count). The van der Waals surface area contributed by atoms with Gasteiger partial charge in [-0.25, -0.2) is 0 Å². The van der Waals surface area contributed by atoms with Crippen molar-refractivity contribution in [3.63, 3.8) is 0 Å². The van der Waals surface area contributed by atoms with Crippen LogP contribution < -0.4 is 0 Å². The minimum Gasteiger partial charge on any atom is -0.0616 e. The molecule has 0 saturated heterocycles. The Morgan fingerprint density at radius 3 is 1.09 bits per heavy atom. The van der Waals surface area contributed by atoms with E-state index in [1.54, 1.807) is 0 Å². The molecule has 0 aliphatic heterocycles. The Hall–Kier alpha value is -0.757. The summed E-state index contributed by atoms with van der Waals surface area (Å²) in [5.41, 5.74) is 0. The molecule has 0 aromatic heterocycles. The van der Waals surface area contributed by atoms with Gasteiger partial charge in [0.25, 0.3) is 0 Å². The Morgan fingerprint density at radius 2 is 0.818 bits per heavy atom. The van der Waals surface area contributed by atoms with Crippen molar-refractivity contribution in [2.24, 2.45) is 0 Å². The zero-order chi connectivity index (χ0) is 6.81. The summed E-state index contributed by atoms with van der Waals surface area (Å²) in [5, 5.41) is 2.62. The fourth-order valence-electron chi connectivity index (χ4n) is 1.13. The maximum atomic E-state index is 2.12. The average Bonchev–Trinajstić information content (AvgIpc) is 2.05. The number of hydrogen-bond acceptors (Lipinski definition) is 0. The maximum absolute atomic E-state index is 2.12. The van der Waals surface area contributed by atoms with Crippen LogP contribution in [0.4, 0.5) is 0 Å². The fraction of sp³-hybridized carbons (Fsp3) is 0. The average molecular weight is 205 g/mol. The molecule has 0 nitrogen and oxygen atoms in total. The molecule has 0 N–H and O–H groups in total. The van der Waals surface area contributed by atoms with Crippen molar-refractivity contribution in [3.05, 3.63) is 48.5 Å². The van der Waals surface area contributed by atoms with Crippen LogP contribution in [0, 0.1) is 0 Å². The van der Waals surface area contributed by atoms with Crippen LogP contribution in [0.15, 0.2) is 48.5 Å². The second-order valence-electron chi connectivity index (χ2n) is 2.35. The van der Waals surface area contributed by atoms with Crippen LogP contribution in [0.5, 0.6) is 0 Å². The van der Waals surface area contributed by atoms with Gasteiger partial charge in [0.05, 0.1) is 0 Å². The van der Waals surface area contributed by atoms with E-state index in [1.165, 1.54) is 10.8 Å². The Bertz CT molecular complexity index is 276. The van der Waals surface area contributed by atoms with Crippen molar-refractivity contribution >= 4 is 28.4 Å². The van der Waals surface area contributed by atoms with Crippen LogP contribution in [0.1, 0.15) is 0 Å². The van der Waals surface area contributed by atoms with E-state index in [-0.39, 0.29) is 17.6 Å². The van der Waals surface area contributed by atoms with Crippen molar-refractivity contribution in [3.8, 4) is 0 Å². The zero-order valence-corrected chi connectivity index (χ0v) is 5.62. The first kappa shape index (κ1) is 8.34. The second kappa shape index (κ2) is 3.58. The fourth-order valence-corrected chi connectivity index (χ4v) is 1.13. The molecule has 0 fully saturated rings. The van der Waals surface area contributed by atoms with Crippen molar-refractivity contribution in [2.75, 3.05) is 0 Å². The number of hydrogen-bond donors (Lipinski definition) is 0. The molecular weight excluding hydrogens is 193 g/mol. The van der Waals surface area contributed by atoms with Crippen molar-refractivity contribution < 1.29 is 0 Å². The number of benzene rings is 2. The first-order chi connectivity index (χ1) is 4.97. The third kappa shape index (κ3) is 1.63. The smallest absolute Gasteiger partial charge is 0.0184 e. The molecule has 0 unspecified atom stereocenters. The van der Waals surface area contributed by atoms with Gasteiger partial charge in [-0.15, -0.1) is 0 Å². The van der Waals surface area contributed by atoms with Crippen molar-refractivity contribution in [1.82, 2.24) is 0 Å². The van der Waals surface area contributed by atoms with E-state index in [4.69, 9.17) is 0 Å². The van der Waals surface area contributed by atoms with E-state index in [0.29, 0.717) is 0 Å². The summed E-state index contributed by atoms with van der Waals surface area (Å²) < 4.78 is 0. The van der Waals surface area contributed by atoms with Gasteiger partial charge in [-0.05, 0) is 10.8 Å². The molecule has 0 bridgehead atoms. The van der Waals surface area contributed by atoms with Crippen molar-refractivity contribution in [1.29, 1.82) is 0 Å². The third-order valence-electron chi connectivity index (χ3n) is 1.66. The molecule has 0 atom stereocenters. The molecule has 0 aliphatic carbocycles. The first-order valence-corrected chi connectivity index (χ1v) is 3.40.